The van der Waals surface area contributed by atoms with E-state index in [0.29, 0.717) is 18.3 Å². The van der Waals surface area contributed by atoms with Gasteiger partial charge in [-0.1, -0.05) is 5.16 Å². The molecule has 0 bridgehead atoms. The highest BCUT2D eigenvalue weighted by molar-refractivity contribution is 5.99. The van der Waals surface area contributed by atoms with Crippen molar-refractivity contribution in [3.05, 3.63) is 29.6 Å². The fraction of sp³-hybridized carbons (Fsp3) is 0.462. The van der Waals surface area contributed by atoms with Crippen LogP contribution < -0.4 is 10.5 Å². The van der Waals surface area contributed by atoms with Crippen LogP contribution in [0.1, 0.15) is 18.4 Å². The van der Waals surface area contributed by atoms with E-state index < -0.39 is 5.82 Å². The van der Waals surface area contributed by atoms with Crippen LogP contribution in [0, 0.1) is 11.7 Å². The second-order valence-electron chi connectivity index (χ2n) is 4.49. The number of rotatable bonds is 4. The Kier molecular flexibility index (Phi) is 4.57. The quantitative estimate of drug-likeness (QED) is 0.377. The molecular formula is C13H17FN2O3. The summed E-state index contributed by atoms with van der Waals surface area (Å²) < 4.78 is 24.1. The lowest BCUT2D eigenvalue weighted by Crippen LogP contribution is -2.22. The molecule has 0 atom stereocenters. The normalized spacial score (nSPS) is 17.4. The Morgan fingerprint density at radius 2 is 2.21 bits per heavy atom. The van der Waals surface area contributed by atoms with Crippen LogP contribution in [-0.2, 0) is 4.74 Å². The minimum absolute atomic E-state index is 0.165. The first-order valence-corrected chi connectivity index (χ1v) is 6.18. The Labute approximate surface area is 110 Å². The molecular weight excluding hydrogens is 251 g/mol. The number of amidine groups is 1. The van der Waals surface area contributed by atoms with Crippen LogP contribution >= 0.6 is 0 Å². The summed E-state index contributed by atoms with van der Waals surface area (Å²) in [5, 5.41) is 11.6. The Balaban J connectivity index is 2.06. The minimum Gasteiger partial charge on any atom is -0.493 e. The summed E-state index contributed by atoms with van der Waals surface area (Å²) >= 11 is 0. The van der Waals surface area contributed by atoms with Gasteiger partial charge in [0.05, 0.1) is 12.2 Å². The van der Waals surface area contributed by atoms with E-state index >= 15 is 0 Å². The number of oxime groups is 1. The summed E-state index contributed by atoms with van der Waals surface area (Å²) in [6, 6.07) is 3.96. The van der Waals surface area contributed by atoms with Gasteiger partial charge in [-0.15, -0.1) is 0 Å². The molecule has 0 aliphatic carbocycles. The predicted octanol–water partition coefficient (Wildman–Crippen LogP) is 1.73. The molecule has 3 N–H and O–H groups in total. The summed E-state index contributed by atoms with van der Waals surface area (Å²) in [6.45, 7) is 2.00. The van der Waals surface area contributed by atoms with Gasteiger partial charge in [0, 0.05) is 13.2 Å². The van der Waals surface area contributed by atoms with Crippen molar-refractivity contribution in [3.8, 4) is 5.75 Å². The van der Waals surface area contributed by atoms with Gasteiger partial charge in [0.2, 0.25) is 0 Å². The van der Waals surface area contributed by atoms with Crippen LogP contribution in [0.5, 0.6) is 5.75 Å². The van der Waals surface area contributed by atoms with Gasteiger partial charge in [0.15, 0.2) is 5.84 Å². The van der Waals surface area contributed by atoms with Gasteiger partial charge in [0.1, 0.15) is 11.6 Å². The highest BCUT2D eigenvalue weighted by atomic mass is 19.1. The molecule has 6 heteroatoms. The monoisotopic (exact) mass is 268 g/mol. The van der Waals surface area contributed by atoms with Crippen molar-refractivity contribution in [1.29, 1.82) is 0 Å². The summed E-state index contributed by atoms with van der Waals surface area (Å²) in [5.41, 5.74) is 5.76. The molecule has 1 aromatic rings. The van der Waals surface area contributed by atoms with E-state index in [1.54, 1.807) is 0 Å². The molecule has 0 amide bonds. The molecule has 1 saturated heterocycles. The smallest absolute Gasteiger partial charge is 0.173 e. The van der Waals surface area contributed by atoms with Gasteiger partial charge in [-0.25, -0.2) is 4.39 Å². The van der Waals surface area contributed by atoms with Gasteiger partial charge in [-0.3, -0.25) is 0 Å². The molecule has 19 heavy (non-hydrogen) atoms. The van der Waals surface area contributed by atoms with Crippen molar-refractivity contribution in [1.82, 2.24) is 0 Å². The van der Waals surface area contributed by atoms with Gasteiger partial charge in [0.25, 0.3) is 0 Å². The van der Waals surface area contributed by atoms with Crippen LogP contribution in [0.4, 0.5) is 4.39 Å². The third kappa shape index (κ3) is 3.57. The van der Waals surface area contributed by atoms with Crippen LogP contribution in [0.2, 0.25) is 0 Å². The first kappa shape index (κ1) is 13.6. The molecule has 1 heterocycles. The number of benzene rings is 1. The number of hydrogen-bond donors (Lipinski definition) is 2. The average Bonchev–Trinajstić information content (AvgIpc) is 2.46. The highest BCUT2D eigenvalue weighted by Gasteiger charge is 2.16. The first-order chi connectivity index (χ1) is 9.20. The first-order valence-electron chi connectivity index (χ1n) is 6.18. The van der Waals surface area contributed by atoms with Crippen LogP contribution in [0.3, 0.4) is 0 Å². The molecule has 0 saturated carbocycles. The third-order valence-corrected chi connectivity index (χ3v) is 3.14. The minimum atomic E-state index is -0.458. The maximum atomic E-state index is 13.2. The zero-order valence-corrected chi connectivity index (χ0v) is 10.5. The number of hydrogen-bond acceptors (Lipinski definition) is 4. The number of ether oxygens (including phenoxy) is 2. The second-order valence-corrected chi connectivity index (χ2v) is 4.49. The third-order valence-electron chi connectivity index (χ3n) is 3.14. The maximum Gasteiger partial charge on any atom is 0.173 e. The van der Waals surface area contributed by atoms with Gasteiger partial charge >= 0.3 is 0 Å². The predicted molar refractivity (Wildman–Crippen MR) is 67.9 cm³/mol. The molecule has 1 aliphatic heterocycles. The topological polar surface area (TPSA) is 77.1 Å². The summed E-state index contributed by atoms with van der Waals surface area (Å²) in [5.74, 6) is 0.212. The van der Waals surface area contributed by atoms with Crippen molar-refractivity contribution in [2.45, 2.75) is 12.8 Å². The van der Waals surface area contributed by atoms with E-state index in [2.05, 4.69) is 5.16 Å². The number of nitrogens with zero attached hydrogens (tertiary/aromatic N) is 1. The van der Waals surface area contributed by atoms with Crippen LogP contribution in [0.15, 0.2) is 23.4 Å². The van der Waals surface area contributed by atoms with Gasteiger partial charge in [-0.2, -0.15) is 0 Å². The summed E-state index contributed by atoms with van der Waals surface area (Å²) in [6.07, 6.45) is 1.89. The largest absolute Gasteiger partial charge is 0.493 e. The number of nitrogens with two attached hydrogens (primary N) is 1. The molecule has 1 aromatic carbocycles. The Morgan fingerprint density at radius 1 is 1.47 bits per heavy atom. The second kappa shape index (κ2) is 6.38. The SMILES string of the molecule is NC(=NO)c1cc(F)ccc1OCC1CCOCC1. The van der Waals surface area contributed by atoms with Crippen molar-refractivity contribution in [2.24, 2.45) is 16.8 Å². The van der Waals surface area contributed by atoms with Crippen molar-refractivity contribution >= 4 is 5.84 Å². The van der Waals surface area contributed by atoms with Crippen molar-refractivity contribution in [3.63, 3.8) is 0 Å². The molecule has 0 radical (unpaired) electrons. The van der Waals surface area contributed by atoms with Crippen LogP contribution in [-0.4, -0.2) is 30.9 Å². The average molecular weight is 268 g/mol. The molecule has 0 unspecified atom stereocenters. The summed E-state index contributed by atoms with van der Waals surface area (Å²) in [4.78, 5) is 0. The molecule has 0 spiro atoms. The Hall–Kier alpha value is -1.82. The zero-order chi connectivity index (χ0) is 13.7. The molecule has 1 fully saturated rings. The molecule has 5 nitrogen and oxygen atoms in total. The van der Waals surface area contributed by atoms with Crippen molar-refractivity contribution < 1.29 is 19.1 Å². The maximum absolute atomic E-state index is 13.2. The fourth-order valence-electron chi connectivity index (χ4n) is 2.00. The highest BCUT2D eigenvalue weighted by Crippen LogP contribution is 2.22. The van der Waals surface area contributed by atoms with E-state index in [4.69, 9.17) is 20.4 Å². The molecule has 2 rings (SSSR count). The fourth-order valence-corrected chi connectivity index (χ4v) is 2.00. The number of halogens is 1. The molecule has 0 aromatic heterocycles. The van der Waals surface area contributed by atoms with E-state index in [0.717, 1.165) is 26.1 Å². The molecule has 1 aliphatic rings. The Morgan fingerprint density at radius 3 is 2.89 bits per heavy atom. The lowest BCUT2D eigenvalue weighted by Gasteiger charge is -2.22. The van der Waals surface area contributed by atoms with Gasteiger partial charge < -0.3 is 20.4 Å². The lowest BCUT2D eigenvalue weighted by molar-refractivity contribution is 0.0497. The lowest BCUT2D eigenvalue weighted by atomic mass is 10.0. The van der Waals surface area contributed by atoms with E-state index in [9.17, 15) is 4.39 Å². The van der Waals surface area contributed by atoms with Crippen LogP contribution in [0.25, 0.3) is 0 Å². The van der Waals surface area contributed by atoms with E-state index in [1.165, 1.54) is 18.2 Å². The Bertz CT molecular complexity index is 459. The zero-order valence-electron chi connectivity index (χ0n) is 10.5. The van der Waals surface area contributed by atoms with E-state index in [1.807, 2.05) is 0 Å². The summed E-state index contributed by atoms with van der Waals surface area (Å²) in [7, 11) is 0. The van der Waals surface area contributed by atoms with Gasteiger partial charge in [-0.05, 0) is 37.0 Å². The molecule has 104 valence electrons. The van der Waals surface area contributed by atoms with Crippen molar-refractivity contribution in [2.75, 3.05) is 19.8 Å². The standard InChI is InChI=1S/C13H17FN2O3/c14-10-1-2-12(11(7-10)13(15)16-17)19-8-9-3-5-18-6-4-9/h1-2,7,9,17H,3-6,8H2,(H2,15,16). The van der Waals surface area contributed by atoms with E-state index in [-0.39, 0.29) is 11.4 Å².